The molecule has 17 heavy (non-hydrogen) atoms. The number of hydrogen-bond donors (Lipinski definition) is 3. The molecule has 1 aromatic heterocycles. The molecule has 2 aromatic rings. The molecular weight excluding hydrogens is 333 g/mol. The van der Waals surface area contributed by atoms with E-state index < -0.39 is 0 Å². The molecule has 0 saturated heterocycles. The smallest absolute Gasteiger partial charge is 0.255 e. The Kier molecular flexibility index (Phi) is 3.62. The number of aromatic nitrogens is 2. The molecule has 0 aliphatic heterocycles. The van der Waals surface area contributed by atoms with Crippen LogP contribution in [0.5, 0.6) is 5.75 Å². The third kappa shape index (κ3) is 2.96. The number of phenolic OH excluding ortho intramolecular Hbond substituents is 1. The Hall–Kier alpha value is -1.57. The molecule has 0 spiro atoms. The molecular formula is C11H10IN3O2. The predicted molar refractivity (Wildman–Crippen MR) is 70.6 cm³/mol. The number of benzene rings is 1. The van der Waals surface area contributed by atoms with Gasteiger partial charge in [0.05, 0.1) is 24.1 Å². The first-order valence-corrected chi connectivity index (χ1v) is 5.98. The van der Waals surface area contributed by atoms with Gasteiger partial charge < -0.3 is 15.4 Å². The normalized spacial score (nSPS) is 10.2. The van der Waals surface area contributed by atoms with Gasteiger partial charge >= 0.3 is 0 Å². The molecule has 2 rings (SSSR count). The molecule has 1 heterocycles. The summed E-state index contributed by atoms with van der Waals surface area (Å²) in [5.74, 6) is -0.330. The highest BCUT2D eigenvalue weighted by atomic mass is 127. The van der Waals surface area contributed by atoms with Crippen molar-refractivity contribution in [3.05, 3.63) is 45.6 Å². The summed E-state index contributed by atoms with van der Waals surface area (Å²) < 4.78 is 0.895. The van der Waals surface area contributed by atoms with E-state index in [1.54, 1.807) is 24.7 Å². The van der Waals surface area contributed by atoms with Crippen molar-refractivity contribution in [2.75, 3.05) is 0 Å². The van der Waals surface area contributed by atoms with Crippen molar-refractivity contribution in [3.8, 4) is 5.75 Å². The minimum absolute atomic E-state index is 0.0208. The van der Waals surface area contributed by atoms with Crippen LogP contribution in [0.2, 0.25) is 0 Å². The second kappa shape index (κ2) is 5.17. The van der Waals surface area contributed by atoms with Crippen LogP contribution in [0.1, 0.15) is 16.1 Å². The Balaban J connectivity index is 2.07. The van der Waals surface area contributed by atoms with Crippen LogP contribution in [0.3, 0.4) is 0 Å². The lowest BCUT2D eigenvalue weighted by Gasteiger charge is -2.06. The van der Waals surface area contributed by atoms with Gasteiger partial charge in [0.25, 0.3) is 5.91 Å². The maximum atomic E-state index is 11.8. The first-order chi connectivity index (χ1) is 8.16. The molecule has 0 atom stereocenters. The zero-order chi connectivity index (χ0) is 12.3. The van der Waals surface area contributed by atoms with Crippen LogP contribution < -0.4 is 5.32 Å². The lowest BCUT2D eigenvalue weighted by atomic mass is 10.2. The molecule has 6 heteroatoms. The number of rotatable bonds is 3. The van der Waals surface area contributed by atoms with E-state index in [-0.39, 0.29) is 17.2 Å². The number of H-pyrrole nitrogens is 1. The number of aromatic hydroxyl groups is 1. The van der Waals surface area contributed by atoms with Gasteiger partial charge in [0.2, 0.25) is 0 Å². The standard InChI is InChI=1S/C11H10IN3O2/c12-7-1-2-10(16)9(3-7)11(17)14-5-8-4-13-6-15-8/h1-4,6,16H,5H2,(H,13,15)(H,14,17). The highest BCUT2D eigenvalue weighted by Crippen LogP contribution is 2.19. The van der Waals surface area contributed by atoms with Gasteiger partial charge in [-0.25, -0.2) is 4.98 Å². The molecule has 0 saturated carbocycles. The number of halogens is 1. The SMILES string of the molecule is O=C(NCc1cnc[nH]1)c1cc(I)ccc1O. The van der Waals surface area contributed by atoms with E-state index in [0.717, 1.165) is 9.26 Å². The van der Waals surface area contributed by atoms with Crippen LogP contribution in [0.4, 0.5) is 0 Å². The van der Waals surface area contributed by atoms with Gasteiger partial charge in [-0.05, 0) is 40.8 Å². The van der Waals surface area contributed by atoms with Crippen molar-refractivity contribution in [1.29, 1.82) is 0 Å². The average molecular weight is 343 g/mol. The van der Waals surface area contributed by atoms with Crippen molar-refractivity contribution >= 4 is 28.5 Å². The van der Waals surface area contributed by atoms with E-state index in [0.29, 0.717) is 6.54 Å². The summed E-state index contributed by atoms with van der Waals surface area (Å²) in [6, 6.07) is 4.88. The van der Waals surface area contributed by atoms with Crippen LogP contribution in [0.25, 0.3) is 0 Å². The van der Waals surface area contributed by atoms with E-state index in [2.05, 4.69) is 37.9 Å². The summed E-state index contributed by atoms with van der Waals surface area (Å²) in [7, 11) is 0. The number of carbonyl (C=O) groups is 1. The number of nitrogens with one attached hydrogen (secondary N) is 2. The Morgan fingerprint density at radius 3 is 3.06 bits per heavy atom. The Morgan fingerprint density at radius 2 is 2.35 bits per heavy atom. The maximum Gasteiger partial charge on any atom is 0.255 e. The molecule has 1 aromatic carbocycles. The lowest BCUT2D eigenvalue weighted by Crippen LogP contribution is -2.23. The highest BCUT2D eigenvalue weighted by Gasteiger charge is 2.11. The van der Waals surface area contributed by atoms with Crippen molar-refractivity contribution in [1.82, 2.24) is 15.3 Å². The van der Waals surface area contributed by atoms with Crippen LogP contribution in [-0.2, 0) is 6.54 Å². The van der Waals surface area contributed by atoms with Crippen molar-refractivity contribution in [2.45, 2.75) is 6.54 Å². The van der Waals surface area contributed by atoms with Gasteiger partial charge in [0.1, 0.15) is 5.75 Å². The minimum atomic E-state index is -0.310. The van der Waals surface area contributed by atoms with Crippen molar-refractivity contribution in [3.63, 3.8) is 0 Å². The van der Waals surface area contributed by atoms with Crippen LogP contribution in [0, 0.1) is 3.57 Å². The fourth-order valence-electron chi connectivity index (χ4n) is 1.34. The largest absolute Gasteiger partial charge is 0.507 e. The van der Waals surface area contributed by atoms with E-state index in [1.165, 1.54) is 6.07 Å². The summed E-state index contributed by atoms with van der Waals surface area (Å²) in [5.41, 5.74) is 1.08. The topological polar surface area (TPSA) is 78.0 Å². The molecule has 3 N–H and O–H groups in total. The number of aromatic amines is 1. The summed E-state index contributed by atoms with van der Waals surface area (Å²) in [5, 5.41) is 12.3. The molecule has 0 bridgehead atoms. The third-order valence-electron chi connectivity index (χ3n) is 2.20. The number of hydrogen-bond acceptors (Lipinski definition) is 3. The number of phenols is 1. The second-order valence-corrected chi connectivity index (χ2v) is 4.67. The van der Waals surface area contributed by atoms with Crippen LogP contribution >= 0.6 is 22.6 Å². The van der Waals surface area contributed by atoms with E-state index >= 15 is 0 Å². The van der Waals surface area contributed by atoms with Crippen molar-refractivity contribution < 1.29 is 9.90 Å². The third-order valence-corrected chi connectivity index (χ3v) is 2.87. The summed E-state index contributed by atoms with van der Waals surface area (Å²) in [6.07, 6.45) is 3.18. The highest BCUT2D eigenvalue weighted by molar-refractivity contribution is 14.1. The lowest BCUT2D eigenvalue weighted by molar-refractivity contribution is 0.0947. The van der Waals surface area contributed by atoms with Gasteiger partial charge in [0.15, 0.2) is 0 Å². The molecule has 0 unspecified atom stereocenters. The van der Waals surface area contributed by atoms with Crippen LogP contribution in [-0.4, -0.2) is 21.0 Å². The Morgan fingerprint density at radius 1 is 1.53 bits per heavy atom. The summed E-state index contributed by atoms with van der Waals surface area (Å²) in [4.78, 5) is 18.5. The molecule has 0 radical (unpaired) electrons. The zero-order valence-electron chi connectivity index (χ0n) is 8.77. The van der Waals surface area contributed by atoms with E-state index in [1.807, 2.05) is 0 Å². The van der Waals surface area contributed by atoms with Gasteiger partial charge in [-0.15, -0.1) is 0 Å². The van der Waals surface area contributed by atoms with E-state index in [4.69, 9.17) is 0 Å². The second-order valence-electron chi connectivity index (χ2n) is 3.42. The Labute approximate surface area is 111 Å². The van der Waals surface area contributed by atoms with Gasteiger partial charge in [-0.1, -0.05) is 0 Å². The van der Waals surface area contributed by atoms with Gasteiger partial charge in [-0.3, -0.25) is 4.79 Å². The van der Waals surface area contributed by atoms with Crippen LogP contribution in [0.15, 0.2) is 30.7 Å². The average Bonchev–Trinajstić information content (AvgIpc) is 2.82. The predicted octanol–water partition coefficient (Wildman–Crippen LogP) is 1.65. The molecule has 0 fully saturated rings. The molecule has 5 nitrogen and oxygen atoms in total. The fourth-order valence-corrected chi connectivity index (χ4v) is 1.83. The zero-order valence-corrected chi connectivity index (χ0v) is 10.9. The van der Waals surface area contributed by atoms with Gasteiger partial charge in [0, 0.05) is 9.77 Å². The number of carbonyl (C=O) groups excluding carboxylic acids is 1. The summed E-state index contributed by atoms with van der Waals surface area (Å²) >= 11 is 2.09. The maximum absolute atomic E-state index is 11.8. The number of amides is 1. The first-order valence-electron chi connectivity index (χ1n) is 4.91. The fraction of sp³-hybridized carbons (Fsp3) is 0.0909. The number of nitrogens with zero attached hydrogens (tertiary/aromatic N) is 1. The molecule has 0 aliphatic rings. The Bertz CT molecular complexity index is 526. The molecule has 0 aliphatic carbocycles. The minimum Gasteiger partial charge on any atom is -0.507 e. The van der Waals surface area contributed by atoms with Gasteiger partial charge in [-0.2, -0.15) is 0 Å². The first kappa shape index (κ1) is 11.9. The summed E-state index contributed by atoms with van der Waals surface area (Å²) in [6.45, 7) is 0.351. The van der Waals surface area contributed by atoms with E-state index in [9.17, 15) is 9.90 Å². The number of imidazole rings is 1. The molecule has 88 valence electrons. The monoisotopic (exact) mass is 343 g/mol. The quantitative estimate of drug-likeness (QED) is 0.742. The molecule has 1 amide bonds. The van der Waals surface area contributed by atoms with Crippen molar-refractivity contribution in [2.24, 2.45) is 0 Å².